The Bertz CT molecular complexity index is 374. The highest BCUT2D eigenvalue weighted by Crippen LogP contribution is 2.07. The number of aromatic nitrogens is 1. The van der Waals surface area contributed by atoms with E-state index < -0.39 is 0 Å². The average molecular weight is 251 g/mol. The quantitative estimate of drug-likeness (QED) is 0.811. The Morgan fingerprint density at radius 2 is 2.06 bits per heavy atom. The first-order valence-corrected chi connectivity index (χ1v) is 6.58. The van der Waals surface area contributed by atoms with E-state index in [2.05, 4.69) is 36.0 Å². The zero-order chi connectivity index (χ0) is 13.7. The van der Waals surface area contributed by atoms with Crippen LogP contribution in [0.3, 0.4) is 0 Å². The fourth-order valence-electron chi connectivity index (χ4n) is 2.09. The minimum atomic E-state index is -0.0257. The van der Waals surface area contributed by atoms with Crippen LogP contribution in [0.2, 0.25) is 0 Å². The van der Waals surface area contributed by atoms with Crippen molar-refractivity contribution in [3.8, 4) is 0 Å². The van der Waals surface area contributed by atoms with Crippen LogP contribution in [0.25, 0.3) is 0 Å². The fourth-order valence-corrected chi connectivity index (χ4v) is 2.09. The number of nitrogens with zero attached hydrogens (tertiary/aromatic N) is 1. The maximum atomic E-state index is 12.0. The molecule has 2 N–H and O–H groups in total. The van der Waals surface area contributed by atoms with E-state index in [1.807, 2.05) is 26.2 Å². The van der Waals surface area contributed by atoms with Gasteiger partial charge in [-0.15, -0.1) is 0 Å². The Morgan fingerprint density at radius 1 is 1.39 bits per heavy atom. The molecular formula is C14H25N3O. The summed E-state index contributed by atoms with van der Waals surface area (Å²) in [5.41, 5.74) is 1.74. The molecule has 1 aromatic rings. The van der Waals surface area contributed by atoms with Gasteiger partial charge in [-0.3, -0.25) is 4.79 Å². The molecule has 0 aliphatic rings. The second kappa shape index (κ2) is 6.59. The molecular weight excluding hydrogens is 226 g/mol. The Morgan fingerprint density at radius 3 is 2.50 bits per heavy atom. The molecule has 0 aromatic carbocycles. The summed E-state index contributed by atoms with van der Waals surface area (Å²) in [4.78, 5) is 17.2. The van der Waals surface area contributed by atoms with Gasteiger partial charge in [-0.05, 0) is 38.6 Å². The summed E-state index contributed by atoms with van der Waals surface area (Å²) in [6.07, 6.45) is 0.916. The van der Waals surface area contributed by atoms with E-state index in [0.717, 1.165) is 12.1 Å². The van der Waals surface area contributed by atoms with E-state index >= 15 is 0 Å². The molecule has 1 heterocycles. The van der Waals surface area contributed by atoms with Gasteiger partial charge < -0.3 is 15.2 Å². The molecule has 4 nitrogen and oxygen atoms in total. The van der Waals surface area contributed by atoms with Crippen LogP contribution in [0.1, 0.15) is 37.0 Å². The van der Waals surface area contributed by atoms with Gasteiger partial charge in [0, 0.05) is 18.3 Å². The Kier molecular flexibility index (Phi) is 5.41. The fraction of sp³-hybridized carbons (Fsp3) is 0.643. The third-order valence-electron chi connectivity index (χ3n) is 3.28. The van der Waals surface area contributed by atoms with Crippen molar-refractivity contribution in [2.24, 2.45) is 5.92 Å². The lowest BCUT2D eigenvalue weighted by molar-refractivity contribution is 0.0930. The zero-order valence-electron chi connectivity index (χ0n) is 12.1. The Balaban J connectivity index is 2.54. The lowest BCUT2D eigenvalue weighted by Gasteiger charge is -2.27. The molecule has 1 aromatic heterocycles. The molecule has 18 heavy (non-hydrogen) atoms. The van der Waals surface area contributed by atoms with E-state index in [0.29, 0.717) is 24.2 Å². The number of aryl methyl sites for hydroxylation is 1. The molecule has 0 saturated carbocycles. The van der Waals surface area contributed by atoms with E-state index in [1.165, 1.54) is 0 Å². The van der Waals surface area contributed by atoms with E-state index in [4.69, 9.17) is 0 Å². The number of hydrogen-bond acceptors (Lipinski definition) is 2. The first kappa shape index (κ1) is 14.8. The number of carbonyl (C=O) groups excluding carboxylic acids is 1. The topological polar surface area (TPSA) is 48.1 Å². The zero-order valence-corrected chi connectivity index (χ0v) is 12.1. The van der Waals surface area contributed by atoms with Gasteiger partial charge in [-0.1, -0.05) is 20.8 Å². The minimum absolute atomic E-state index is 0.0257. The number of rotatable bonds is 6. The van der Waals surface area contributed by atoms with Crippen LogP contribution in [0.4, 0.5) is 0 Å². The summed E-state index contributed by atoms with van der Waals surface area (Å²) in [6.45, 7) is 7.07. The van der Waals surface area contributed by atoms with Gasteiger partial charge in [0.2, 0.25) is 0 Å². The van der Waals surface area contributed by atoms with E-state index in [-0.39, 0.29) is 5.91 Å². The molecule has 1 atom stereocenters. The molecule has 0 radical (unpaired) electrons. The molecule has 0 fully saturated rings. The maximum Gasteiger partial charge on any atom is 0.267 e. The molecule has 1 rings (SSSR count). The lowest BCUT2D eigenvalue weighted by atomic mass is 10.0. The summed E-state index contributed by atoms with van der Waals surface area (Å²) in [7, 11) is 4.08. The van der Waals surface area contributed by atoms with E-state index in [9.17, 15) is 4.79 Å². The highest BCUT2D eigenvalue weighted by atomic mass is 16.1. The highest BCUT2D eigenvalue weighted by Gasteiger charge is 2.17. The number of nitrogens with one attached hydrogen (secondary N) is 2. The van der Waals surface area contributed by atoms with Crippen molar-refractivity contribution >= 4 is 5.91 Å². The number of likely N-dealkylation sites (N-methyl/N-ethyl adjacent to an activating group) is 1. The summed E-state index contributed by atoms with van der Waals surface area (Å²) in [5.74, 6) is 0.484. The van der Waals surface area contributed by atoms with Crippen LogP contribution >= 0.6 is 0 Å². The van der Waals surface area contributed by atoms with Crippen LogP contribution in [-0.2, 0) is 6.42 Å². The molecule has 0 saturated heterocycles. The predicted octanol–water partition coefficient (Wildman–Crippen LogP) is 1.89. The summed E-state index contributed by atoms with van der Waals surface area (Å²) < 4.78 is 0. The largest absolute Gasteiger partial charge is 0.354 e. The summed E-state index contributed by atoms with van der Waals surface area (Å²) in [6, 6.07) is 4.16. The van der Waals surface area contributed by atoms with Gasteiger partial charge >= 0.3 is 0 Å². The van der Waals surface area contributed by atoms with Crippen molar-refractivity contribution in [2.45, 2.75) is 33.2 Å². The molecule has 0 unspecified atom stereocenters. The molecule has 4 heteroatoms. The number of H-pyrrole nitrogens is 1. The van der Waals surface area contributed by atoms with E-state index in [1.54, 1.807) is 0 Å². The van der Waals surface area contributed by atoms with Gasteiger partial charge in [0.15, 0.2) is 0 Å². The first-order valence-electron chi connectivity index (χ1n) is 6.58. The average Bonchev–Trinajstić information content (AvgIpc) is 2.76. The number of hydrogen-bond donors (Lipinski definition) is 2. The number of amides is 1. The smallest absolute Gasteiger partial charge is 0.267 e. The number of carbonyl (C=O) groups is 1. The molecule has 102 valence electrons. The Labute approximate surface area is 110 Å². The predicted molar refractivity (Wildman–Crippen MR) is 74.8 cm³/mol. The van der Waals surface area contributed by atoms with Crippen molar-refractivity contribution in [2.75, 3.05) is 20.6 Å². The van der Waals surface area contributed by atoms with Crippen molar-refractivity contribution in [3.63, 3.8) is 0 Å². The molecule has 1 amide bonds. The monoisotopic (exact) mass is 251 g/mol. The van der Waals surface area contributed by atoms with Gasteiger partial charge in [-0.25, -0.2) is 0 Å². The molecule has 0 spiro atoms. The molecule has 0 bridgehead atoms. The third kappa shape index (κ3) is 3.88. The Hall–Kier alpha value is -1.29. The van der Waals surface area contributed by atoms with Crippen LogP contribution in [0.5, 0.6) is 0 Å². The van der Waals surface area contributed by atoms with Crippen molar-refractivity contribution < 1.29 is 4.79 Å². The summed E-state index contributed by atoms with van der Waals surface area (Å²) in [5, 5.41) is 2.99. The van der Waals surface area contributed by atoms with Crippen molar-refractivity contribution in [1.82, 2.24) is 15.2 Å². The standard InChI is InChI=1S/C14H25N3O/c1-6-11-7-8-12(16-11)14(18)15-9-13(10(2)3)17(4)5/h7-8,10,13,16H,6,9H2,1-5H3,(H,15,18)/t13-/m0/s1. The van der Waals surface area contributed by atoms with Crippen LogP contribution in [0.15, 0.2) is 12.1 Å². The van der Waals surface area contributed by atoms with Crippen LogP contribution < -0.4 is 5.32 Å². The first-order chi connectivity index (χ1) is 8.45. The van der Waals surface area contributed by atoms with Gasteiger partial charge in [0.1, 0.15) is 5.69 Å². The molecule has 0 aliphatic carbocycles. The third-order valence-corrected chi connectivity index (χ3v) is 3.28. The second-order valence-corrected chi connectivity index (χ2v) is 5.24. The van der Waals surface area contributed by atoms with Crippen LogP contribution in [0, 0.1) is 5.92 Å². The maximum absolute atomic E-state index is 12.0. The van der Waals surface area contributed by atoms with Gasteiger partial charge in [-0.2, -0.15) is 0 Å². The van der Waals surface area contributed by atoms with Gasteiger partial charge in [0.25, 0.3) is 5.91 Å². The normalized spacial score (nSPS) is 13.1. The molecule has 0 aliphatic heterocycles. The second-order valence-electron chi connectivity index (χ2n) is 5.24. The van der Waals surface area contributed by atoms with Gasteiger partial charge in [0.05, 0.1) is 0 Å². The van der Waals surface area contributed by atoms with Crippen molar-refractivity contribution in [1.29, 1.82) is 0 Å². The number of aromatic amines is 1. The van der Waals surface area contributed by atoms with Crippen LogP contribution in [-0.4, -0.2) is 42.5 Å². The highest BCUT2D eigenvalue weighted by molar-refractivity contribution is 5.92. The van der Waals surface area contributed by atoms with Crippen molar-refractivity contribution in [3.05, 3.63) is 23.5 Å². The SMILES string of the molecule is CCc1ccc(C(=O)NC[C@@H](C(C)C)N(C)C)[nH]1. The lowest BCUT2D eigenvalue weighted by Crippen LogP contribution is -2.43. The summed E-state index contributed by atoms with van der Waals surface area (Å²) >= 11 is 0. The minimum Gasteiger partial charge on any atom is -0.354 e.